The van der Waals surface area contributed by atoms with Crippen LogP contribution >= 0.6 is 0 Å². The quantitative estimate of drug-likeness (QED) is 0.872. The highest BCUT2D eigenvalue weighted by Crippen LogP contribution is 2.24. The number of benzene rings is 1. The molecule has 1 aromatic rings. The maximum atomic E-state index is 12.0. The van der Waals surface area contributed by atoms with Crippen LogP contribution in [0.1, 0.15) is 13.8 Å². The number of hydrogen-bond acceptors (Lipinski definition) is 5. The third-order valence-corrected chi connectivity index (χ3v) is 4.54. The fourth-order valence-electron chi connectivity index (χ4n) is 1.93. The molecule has 1 heterocycles. The molecule has 0 spiro atoms. The van der Waals surface area contributed by atoms with E-state index in [4.69, 9.17) is 9.47 Å². The van der Waals surface area contributed by atoms with Crippen LogP contribution in [0.25, 0.3) is 0 Å². The van der Waals surface area contributed by atoms with Gasteiger partial charge in [-0.05, 0) is 33.0 Å². The summed E-state index contributed by atoms with van der Waals surface area (Å²) in [6.45, 7) is 4.62. The van der Waals surface area contributed by atoms with Gasteiger partial charge in [-0.25, -0.2) is 13.1 Å². The van der Waals surface area contributed by atoms with Gasteiger partial charge in [0.05, 0.1) is 24.9 Å². The molecule has 0 saturated carbocycles. The Kier molecular flexibility index (Phi) is 4.33. The number of para-hydroxylation sites is 1. The van der Waals surface area contributed by atoms with Crippen molar-refractivity contribution >= 4 is 15.7 Å². The molecule has 1 aliphatic rings. The maximum absolute atomic E-state index is 12.0. The lowest BCUT2D eigenvalue weighted by Gasteiger charge is -2.35. The van der Waals surface area contributed by atoms with E-state index in [0.29, 0.717) is 18.9 Å². The van der Waals surface area contributed by atoms with E-state index >= 15 is 0 Å². The van der Waals surface area contributed by atoms with Gasteiger partial charge in [-0.1, -0.05) is 12.1 Å². The van der Waals surface area contributed by atoms with Crippen LogP contribution in [-0.2, 0) is 19.5 Å². The maximum Gasteiger partial charge on any atom is 0.242 e. The molecule has 2 rings (SSSR count). The summed E-state index contributed by atoms with van der Waals surface area (Å²) in [6, 6.07) is 6.67. The lowest BCUT2D eigenvalue weighted by atomic mass is 10.2. The summed E-state index contributed by atoms with van der Waals surface area (Å²) < 4.78 is 37.3. The Balaban J connectivity index is 2.15. The van der Waals surface area contributed by atoms with Gasteiger partial charge in [0.15, 0.2) is 5.79 Å². The summed E-state index contributed by atoms with van der Waals surface area (Å²) in [5, 5.41) is 3.16. The monoisotopic (exact) mass is 300 g/mol. The number of nitrogens with one attached hydrogen (secondary N) is 2. The Bertz CT molecular complexity index is 561. The van der Waals surface area contributed by atoms with Crippen molar-refractivity contribution in [3.8, 4) is 0 Å². The van der Waals surface area contributed by atoms with Crippen LogP contribution in [0.4, 0.5) is 5.69 Å². The second-order valence-corrected chi connectivity index (χ2v) is 6.92. The number of hydrogen-bond donors (Lipinski definition) is 2. The Morgan fingerprint density at radius 1 is 1.20 bits per heavy atom. The highest BCUT2D eigenvalue weighted by atomic mass is 32.2. The van der Waals surface area contributed by atoms with Gasteiger partial charge in [-0.15, -0.1) is 0 Å². The van der Waals surface area contributed by atoms with E-state index in [2.05, 4.69) is 10.0 Å². The Morgan fingerprint density at radius 3 is 2.40 bits per heavy atom. The first-order valence-corrected chi connectivity index (χ1v) is 7.89. The summed E-state index contributed by atoms with van der Waals surface area (Å²) in [5.41, 5.74) is 0.541. The van der Waals surface area contributed by atoms with Gasteiger partial charge in [0.25, 0.3) is 0 Å². The van der Waals surface area contributed by atoms with Gasteiger partial charge >= 0.3 is 0 Å². The second-order valence-electron chi connectivity index (χ2n) is 5.07. The second kappa shape index (κ2) is 5.69. The van der Waals surface area contributed by atoms with E-state index in [9.17, 15) is 8.42 Å². The minimum Gasteiger partial charge on any atom is -0.377 e. The lowest BCUT2D eigenvalue weighted by molar-refractivity contribution is -0.247. The predicted molar refractivity (Wildman–Crippen MR) is 76.1 cm³/mol. The molecule has 0 amide bonds. The SMILES string of the molecule is CNS(=O)(=O)c1ccccc1NC1COC(C)(C)OC1. The summed E-state index contributed by atoms with van der Waals surface area (Å²) in [5.74, 6) is -0.589. The van der Waals surface area contributed by atoms with Crippen molar-refractivity contribution in [2.75, 3.05) is 25.6 Å². The van der Waals surface area contributed by atoms with E-state index in [1.165, 1.54) is 7.05 Å². The largest absolute Gasteiger partial charge is 0.377 e. The smallest absolute Gasteiger partial charge is 0.242 e. The average Bonchev–Trinajstić information content (AvgIpc) is 2.42. The topological polar surface area (TPSA) is 76.7 Å². The van der Waals surface area contributed by atoms with Crippen LogP contribution in [0, 0.1) is 0 Å². The van der Waals surface area contributed by atoms with Crippen molar-refractivity contribution < 1.29 is 17.9 Å². The van der Waals surface area contributed by atoms with Gasteiger partial charge in [0, 0.05) is 0 Å². The first-order valence-electron chi connectivity index (χ1n) is 6.41. The molecule has 0 unspecified atom stereocenters. The van der Waals surface area contributed by atoms with Gasteiger partial charge in [0.2, 0.25) is 10.0 Å². The molecule has 1 saturated heterocycles. The van der Waals surface area contributed by atoms with Crippen molar-refractivity contribution in [3.05, 3.63) is 24.3 Å². The van der Waals surface area contributed by atoms with Crippen molar-refractivity contribution in [3.63, 3.8) is 0 Å². The van der Waals surface area contributed by atoms with Gasteiger partial charge < -0.3 is 14.8 Å². The zero-order chi connectivity index (χ0) is 14.8. The molecule has 1 fully saturated rings. The molecule has 1 aromatic carbocycles. The van der Waals surface area contributed by atoms with Crippen molar-refractivity contribution in [1.29, 1.82) is 0 Å². The molecule has 2 N–H and O–H groups in total. The molecule has 0 bridgehead atoms. The Morgan fingerprint density at radius 2 is 1.80 bits per heavy atom. The van der Waals surface area contributed by atoms with Crippen LogP contribution in [0.2, 0.25) is 0 Å². The Hall–Kier alpha value is -1.15. The zero-order valence-corrected chi connectivity index (χ0v) is 12.7. The van der Waals surface area contributed by atoms with E-state index < -0.39 is 15.8 Å². The lowest BCUT2D eigenvalue weighted by Crippen LogP contribution is -2.45. The predicted octanol–water partition coefficient (Wildman–Crippen LogP) is 1.16. The number of rotatable bonds is 4. The summed E-state index contributed by atoms with van der Waals surface area (Å²) in [4.78, 5) is 0.215. The zero-order valence-electron chi connectivity index (χ0n) is 11.8. The Labute approximate surface area is 119 Å². The van der Waals surface area contributed by atoms with Crippen molar-refractivity contribution in [1.82, 2.24) is 4.72 Å². The van der Waals surface area contributed by atoms with Gasteiger partial charge in [0.1, 0.15) is 4.90 Å². The average molecular weight is 300 g/mol. The third kappa shape index (κ3) is 3.49. The fraction of sp³-hybridized carbons (Fsp3) is 0.538. The summed E-state index contributed by atoms with van der Waals surface area (Å²) in [7, 11) is -2.11. The van der Waals surface area contributed by atoms with Crippen molar-refractivity contribution in [2.24, 2.45) is 0 Å². The van der Waals surface area contributed by atoms with Crippen LogP contribution in [0.3, 0.4) is 0 Å². The molecule has 7 heteroatoms. The molecule has 6 nitrogen and oxygen atoms in total. The molecule has 0 aromatic heterocycles. The van der Waals surface area contributed by atoms with Crippen LogP contribution in [0.5, 0.6) is 0 Å². The minimum atomic E-state index is -3.50. The molecule has 20 heavy (non-hydrogen) atoms. The minimum absolute atomic E-state index is 0.0868. The molecular weight excluding hydrogens is 280 g/mol. The highest BCUT2D eigenvalue weighted by molar-refractivity contribution is 7.89. The van der Waals surface area contributed by atoms with Crippen LogP contribution < -0.4 is 10.0 Å². The number of sulfonamides is 1. The molecule has 0 atom stereocenters. The van der Waals surface area contributed by atoms with Crippen LogP contribution in [0.15, 0.2) is 29.2 Å². The first-order chi connectivity index (χ1) is 9.34. The third-order valence-electron chi connectivity index (χ3n) is 3.07. The van der Waals surface area contributed by atoms with E-state index in [0.717, 1.165) is 0 Å². The van der Waals surface area contributed by atoms with E-state index in [-0.39, 0.29) is 10.9 Å². The van der Waals surface area contributed by atoms with Crippen LogP contribution in [-0.4, -0.2) is 40.5 Å². The van der Waals surface area contributed by atoms with Crippen molar-refractivity contribution in [2.45, 2.75) is 30.6 Å². The summed E-state index contributed by atoms with van der Waals surface area (Å²) in [6.07, 6.45) is 0. The number of anilines is 1. The fourth-order valence-corrected chi connectivity index (χ4v) is 2.82. The van der Waals surface area contributed by atoms with Gasteiger partial charge in [-0.3, -0.25) is 0 Å². The molecule has 1 aliphatic heterocycles. The normalized spacial score (nSPS) is 19.8. The molecular formula is C13H20N2O4S. The summed E-state index contributed by atoms with van der Waals surface area (Å²) >= 11 is 0. The van der Waals surface area contributed by atoms with Gasteiger partial charge in [-0.2, -0.15) is 0 Å². The molecule has 112 valence electrons. The standard InChI is InChI=1S/C13H20N2O4S/c1-13(2)18-8-10(9-19-13)15-11-6-4-5-7-12(11)20(16,17)14-3/h4-7,10,14-15H,8-9H2,1-3H3. The highest BCUT2D eigenvalue weighted by Gasteiger charge is 2.29. The molecule has 0 radical (unpaired) electrons. The van der Waals surface area contributed by atoms with E-state index in [1.54, 1.807) is 24.3 Å². The number of ether oxygens (including phenoxy) is 2. The first kappa shape index (κ1) is 15.2. The molecule has 0 aliphatic carbocycles. The van der Waals surface area contributed by atoms with E-state index in [1.807, 2.05) is 13.8 Å².